The first-order valence-corrected chi connectivity index (χ1v) is 10.7. The van der Waals surface area contributed by atoms with Gasteiger partial charge in [0.15, 0.2) is 11.4 Å². The average Bonchev–Trinajstić information content (AvgIpc) is 3.18. The van der Waals surface area contributed by atoms with Crippen molar-refractivity contribution in [2.75, 3.05) is 7.11 Å². The number of hydrogen-bond donors (Lipinski definition) is 1. The summed E-state index contributed by atoms with van der Waals surface area (Å²) in [6, 6.07) is 10.4. The first kappa shape index (κ1) is 19.4. The molecular formula is C25H24N4O2. The second kappa shape index (κ2) is 7.92. The van der Waals surface area contributed by atoms with Gasteiger partial charge in [-0.3, -0.25) is 0 Å². The van der Waals surface area contributed by atoms with Gasteiger partial charge in [-0.2, -0.15) is 5.26 Å². The first-order chi connectivity index (χ1) is 15.2. The molecule has 0 unspecified atom stereocenters. The van der Waals surface area contributed by atoms with Crippen LogP contribution in [-0.4, -0.2) is 28.2 Å². The molecule has 156 valence electrons. The molecule has 0 saturated heterocycles. The number of hydrogen-bond acceptors (Lipinski definition) is 5. The van der Waals surface area contributed by atoms with Gasteiger partial charge in [0.25, 0.3) is 0 Å². The third kappa shape index (κ3) is 3.46. The maximum atomic E-state index is 9.70. The predicted octanol–water partition coefficient (Wildman–Crippen LogP) is 5.68. The maximum absolute atomic E-state index is 9.70. The highest BCUT2D eigenvalue weighted by Crippen LogP contribution is 2.38. The standard InChI is InChI=1S/C25H24N4O2/c1-15-8-9-16(11-22(15)30-2)17-10-19-23-21(29-25(19)28-13-17)14-27-20(12-26)24(23)31-18-6-4-3-5-7-18/h8-11,13-14,18H,3-7H2,1-2H3,(H,28,29). The van der Waals surface area contributed by atoms with E-state index in [0.29, 0.717) is 11.4 Å². The predicted molar refractivity (Wildman–Crippen MR) is 120 cm³/mol. The smallest absolute Gasteiger partial charge is 0.183 e. The van der Waals surface area contributed by atoms with E-state index in [9.17, 15) is 5.26 Å². The van der Waals surface area contributed by atoms with Gasteiger partial charge in [-0.15, -0.1) is 0 Å². The zero-order valence-electron chi connectivity index (χ0n) is 17.7. The van der Waals surface area contributed by atoms with E-state index >= 15 is 0 Å². The third-order valence-electron chi connectivity index (χ3n) is 6.13. The first-order valence-electron chi connectivity index (χ1n) is 10.7. The van der Waals surface area contributed by atoms with Crippen LogP contribution in [0.5, 0.6) is 11.5 Å². The van der Waals surface area contributed by atoms with Crippen LogP contribution >= 0.6 is 0 Å². The van der Waals surface area contributed by atoms with Gasteiger partial charge in [0, 0.05) is 17.1 Å². The monoisotopic (exact) mass is 412 g/mol. The summed E-state index contributed by atoms with van der Waals surface area (Å²) in [7, 11) is 1.68. The lowest BCUT2D eigenvalue weighted by atomic mass is 9.97. The second-order valence-electron chi connectivity index (χ2n) is 8.14. The summed E-state index contributed by atoms with van der Waals surface area (Å²) in [5.41, 5.74) is 4.98. The minimum Gasteiger partial charge on any atom is -0.496 e. The molecule has 1 fully saturated rings. The number of aryl methyl sites for hydroxylation is 1. The lowest BCUT2D eigenvalue weighted by molar-refractivity contribution is 0.156. The Morgan fingerprint density at radius 2 is 1.90 bits per heavy atom. The summed E-state index contributed by atoms with van der Waals surface area (Å²) >= 11 is 0. The fourth-order valence-corrected chi connectivity index (χ4v) is 4.44. The van der Waals surface area contributed by atoms with Crippen LogP contribution in [0, 0.1) is 18.3 Å². The number of aromatic amines is 1. The number of H-pyrrole nitrogens is 1. The molecule has 3 heterocycles. The van der Waals surface area contributed by atoms with Gasteiger partial charge in [0.05, 0.1) is 30.3 Å². The number of rotatable bonds is 4. The number of fused-ring (bicyclic) bond motifs is 3. The minimum atomic E-state index is 0.121. The topological polar surface area (TPSA) is 83.8 Å². The van der Waals surface area contributed by atoms with Crippen molar-refractivity contribution < 1.29 is 9.47 Å². The number of benzene rings is 1. The Labute approximate surface area is 180 Å². The van der Waals surface area contributed by atoms with Gasteiger partial charge >= 0.3 is 0 Å². The molecular weight excluding hydrogens is 388 g/mol. The van der Waals surface area contributed by atoms with Crippen LogP contribution in [0.2, 0.25) is 0 Å². The normalized spacial score (nSPS) is 14.6. The van der Waals surface area contributed by atoms with E-state index in [4.69, 9.17) is 9.47 Å². The molecule has 1 N–H and O–H groups in total. The van der Waals surface area contributed by atoms with Crippen LogP contribution in [-0.2, 0) is 0 Å². The molecule has 0 bridgehead atoms. The van der Waals surface area contributed by atoms with Crippen LogP contribution in [0.25, 0.3) is 33.1 Å². The van der Waals surface area contributed by atoms with Gasteiger partial charge in [0.1, 0.15) is 17.5 Å². The highest BCUT2D eigenvalue weighted by atomic mass is 16.5. The third-order valence-corrected chi connectivity index (χ3v) is 6.13. The van der Waals surface area contributed by atoms with E-state index in [1.165, 1.54) is 6.42 Å². The van der Waals surface area contributed by atoms with Crippen molar-refractivity contribution in [1.82, 2.24) is 15.0 Å². The molecule has 6 nitrogen and oxygen atoms in total. The maximum Gasteiger partial charge on any atom is 0.183 e. The number of nitrogens with one attached hydrogen (secondary N) is 1. The number of aromatic nitrogens is 3. The Morgan fingerprint density at radius 3 is 2.68 bits per heavy atom. The molecule has 1 aliphatic rings. The summed E-state index contributed by atoms with van der Waals surface area (Å²) in [6.07, 6.45) is 9.24. The zero-order valence-corrected chi connectivity index (χ0v) is 17.7. The van der Waals surface area contributed by atoms with E-state index in [-0.39, 0.29) is 6.10 Å². The minimum absolute atomic E-state index is 0.121. The fourth-order valence-electron chi connectivity index (χ4n) is 4.44. The van der Waals surface area contributed by atoms with Gasteiger partial charge in [-0.25, -0.2) is 9.97 Å². The van der Waals surface area contributed by atoms with Gasteiger partial charge < -0.3 is 14.5 Å². The molecule has 31 heavy (non-hydrogen) atoms. The van der Waals surface area contributed by atoms with Gasteiger partial charge in [-0.05, 0) is 55.9 Å². The van der Waals surface area contributed by atoms with Crippen molar-refractivity contribution in [2.24, 2.45) is 0 Å². The van der Waals surface area contributed by atoms with Crippen molar-refractivity contribution in [3.8, 4) is 28.7 Å². The molecule has 1 aliphatic carbocycles. The largest absolute Gasteiger partial charge is 0.496 e. The van der Waals surface area contributed by atoms with E-state index in [0.717, 1.165) is 70.1 Å². The van der Waals surface area contributed by atoms with Crippen molar-refractivity contribution in [3.63, 3.8) is 0 Å². The van der Waals surface area contributed by atoms with Crippen LogP contribution in [0.3, 0.4) is 0 Å². The molecule has 0 spiro atoms. The van der Waals surface area contributed by atoms with E-state index in [1.807, 2.05) is 25.3 Å². The van der Waals surface area contributed by atoms with Crippen LogP contribution in [0.4, 0.5) is 0 Å². The molecule has 0 radical (unpaired) electrons. The Balaban J connectivity index is 1.68. The summed E-state index contributed by atoms with van der Waals surface area (Å²) in [6.45, 7) is 2.02. The molecule has 6 heteroatoms. The molecule has 4 aromatic rings. The number of pyridine rings is 2. The zero-order chi connectivity index (χ0) is 21.4. The van der Waals surface area contributed by atoms with Crippen LogP contribution in [0.15, 0.2) is 36.7 Å². The Bertz CT molecular complexity index is 1310. The van der Waals surface area contributed by atoms with Crippen molar-refractivity contribution in [3.05, 3.63) is 47.9 Å². The molecule has 5 rings (SSSR count). The molecule has 0 aliphatic heterocycles. The number of nitrogens with zero attached hydrogens (tertiary/aromatic N) is 3. The lowest BCUT2D eigenvalue weighted by Gasteiger charge is -2.23. The number of nitriles is 1. The summed E-state index contributed by atoms with van der Waals surface area (Å²) in [5.74, 6) is 1.41. The van der Waals surface area contributed by atoms with E-state index in [1.54, 1.807) is 13.3 Å². The summed E-state index contributed by atoms with van der Waals surface area (Å²) in [4.78, 5) is 12.3. The molecule has 0 amide bonds. The van der Waals surface area contributed by atoms with Gasteiger partial charge in [0.2, 0.25) is 0 Å². The quantitative estimate of drug-likeness (QED) is 0.466. The van der Waals surface area contributed by atoms with E-state index in [2.05, 4.69) is 33.2 Å². The lowest BCUT2D eigenvalue weighted by Crippen LogP contribution is -2.20. The fraction of sp³-hybridized carbons (Fsp3) is 0.320. The van der Waals surface area contributed by atoms with Crippen LogP contribution < -0.4 is 9.47 Å². The Hall–Kier alpha value is -3.59. The average molecular weight is 412 g/mol. The highest BCUT2D eigenvalue weighted by molar-refractivity contribution is 6.10. The number of ether oxygens (including phenoxy) is 2. The SMILES string of the molecule is COc1cc(-c2cnc3[nH]c4cnc(C#N)c(OC5CCCCC5)c4c3c2)ccc1C. The van der Waals surface area contributed by atoms with Crippen LogP contribution in [0.1, 0.15) is 43.4 Å². The van der Waals surface area contributed by atoms with Gasteiger partial charge in [-0.1, -0.05) is 18.6 Å². The molecule has 3 aromatic heterocycles. The van der Waals surface area contributed by atoms with Crippen molar-refractivity contribution >= 4 is 21.9 Å². The Kier molecular flexibility index (Phi) is 4.95. The van der Waals surface area contributed by atoms with E-state index < -0.39 is 0 Å². The molecule has 0 atom stereocenters. The van der Waals surface area contributed by atoms with Crippen molar-refractivity contribution in [2.45, 2.75) is 45.1 Å². The molecule has 1 saturated carbocycles. The Morgan fingerprint density at radius 1 is 1.06 bits per heavy atom. The number of methoxy groups -OCH3 is 1. The van der Waals surface area contributed by atoms with Crippen molar-refractivity contribution in [1.29, 1.82) is 5.26 Å². The molecule has 1 aromatic carbocycles. The highest BCUT2D eigenvalue weighted by Gasteiger charge is 2.22. The summed E-state index contributed by atoms with van der Waals surface area (Å²) in [5, 5.41) is 11.5. The summed E-state index contributed by atoms with van der Waals surface area (Å²) < 4.78 is 11.9. The second-order valence-corrected chi connectivity index (χ2v) is 8.14.